The number of likely N-dealkylation sites (tertiary alicyclic amines) is 1. The Hall–Kier alpha value is -1.13. The fourth-order valence-electron chi connectivity index (χ4n) is 2.90. The highest BCUT2D eigenvalue weighted by molar-refractivity contribution is 6.30. The molecule has 1 aliphatic heterocycles. The Balaban J connectivity index is 1.93. The van der Waals surface area contributed by atoms with Crippen molar-refractivity contribution in [2.24, 2.45) is 5.92 Å². The Morgan fingerprint density at radius 2 is 2.29 bits per heavy atom. The van der Waals surface area contributed by atoms with Crippen LogP contribution < -0.4 is 5.32 Å². The van der Waals surface area contributed by atoms with Crippen LogP contribution in [0.25, 0.3) is 0 Å². The van der Waals surface area contributed by atoms with Gasteiger partial charge in [-0.3, -0.25) is 4.79 Å². The number of hydrogen-bond donors (Lipinski definition) is 1. The second-order valence-corrected chi connectivity index (χ2v) is 6.07. The summed E-state index contributed by atoms with van der Waals surface area (Å²) in [7, 11) is 0. The van der Waals surface area contributed by atoms with E-state index in [-0.39, 0.29) is 16.7 Å². The Morgan fingerprint density at radius 3 is 2.90 bits per heavy atom. The maximum absolute atomic E-state index is 13.4. The third kappa shape index (κ3) is 4.17. The average Bonchev–Trinajstić information content (AvgIpc) is 2.48. The molecule has 0 saturated carbocycles. The summed E-state index contributed by atoms with van der Waals surface area (Å²) in [6.07, 6.45) is 1.96. The lowest BCUT2D eigenvalue weighted by Gasteiger charge is -2.38. The lowest BCUT2D eigenvalue weighted by atomic mass is 9.89. The molecule has 0 spiro atoms. The molecule has 3 nitrogen and oxygen atoms in total. The summed E-state index contributed by atoms with van der Waals surface area (Å²) >= 11 is 5.69. The van der Waals surface area contributed by atoms with E-state index in [1.165, 1.54) is 6.07 Å². The fraction of sp³-hybridized carbons (Fsp3) is 0.562. The molecule has 0 bridgehead atoms. The van der Waals surface area contributed by atoms with E-state index in [1.54, 1.807) is 13.0 Å². The molecular formula is C16H22ClFN2O. The average molecular weight is 313 g/mol. The van der Waals surface area contributed by atoms with Crippen molar-refractivity contribution in [1.82, 2.24) is 10.2 Å². The third-order valence-corrected chi connectivity index (χ3v) is 4.56. The summed E-state index contributed by atoms with van der Waals surface area (Å²) in [4.78, 5) is 13.4. The standard InChI is InChI=1S/C16H22ClFN2O/c1-3-13-10-20(11(2)21)7-6-16(13)19-9-12-4-5-14(17)15(18)8-12/h4-5,8,13,16,19H,3,6-7,9-10H2,1-2H3. The lowest BCUT2D eigenvalue weighted by molar-refractivity contribution is -0.131. The fourth-order valence-corrected chi connectivity index (χ4v) is 3.02. The summed E-state index contributed by atoms with van der Waals surface area (Å²) in [5, 5.41) is 3.65. The van der Waals surface area contributed by atoms with E-state index in [0.29, 0.717) is 18.5 Å². The zero-order valence-corrected chi connectivity index (χ0v) is 13.3. The van der Waals surface area contributed by atoms with Crippen molar-refractivity contribution in [1.29, 1.82) is 0 Å². The normalized spacial score (nSPS) is 22.4. The van der Waals surface area contributed by atoms with E-state index in [0.717, 1.165) is 31.5 Å². The van der Waals surface area contributed by atoms with E-state index in [2.05, 4.69) is 12.2 Å². The van der Waals surface area contributed by atoms with Gasteiger partial charge in [0.2, 0.25) is 5.91 Å². The van der Waals surface area contributed by atoms with Gasteiger partial charge in [-0.25, -0.2) is 4.39 Å². The summed E-state index contributed by atoms with van der Waals surface area (Å²) < 4.78 is 13.4. The molecule has 0 radical (unpaired) electrons. The van der Waals surface area contributed by atoms with Crippen LogP contribution in [-0.4, -0.2) is 29.9 Å². The van der Waals surface area contributed by atoms with Gasteiger partial charge in [0.25, 0.3) is 0 Å². The van der Waals surface area contributed by atoms with Crippen LogP contribution in [0.2, 0.25) is 5.02 Å². The molecule has 1 amide bonds. The Kier molecular flexibility index (Phi) is 5.59. The number of carbonyl (C=O) groups is 1. The van der Waals surface area contributed by atoms with Crippen LogP contribution in [-0.2, 0) is 11.3 Å². The van der Waals surface area contributed by atoms with Gasteiger partial charge in [0, 0.05) is 32.6 Å². The Labute approximate surface area is 130 Å². The minimum atomic E-state index is -0.380. The topological polar surface area (TPSA) is 32.3 Å². The molecule has 1 fully saturated rings. The lowest BCUT2D eigenvalue weighted by Crippen LogP contribution is -2.50. The van der Waals surface area contributed by atoms with Gasteiger partial charge in [-0.1, -0.05) is 31.0 Å². The van der Waals surface area contributed by atoms with E-state index < -0.39 is 0 Å². The maximum Gasteiger partial charge on any atom is 0.219 e. The quantitative estimate of drug-likeness (QED) is 0.926. The highest BCUT2D eigenvalue weighted by atomic mass is 35.5. The van der Waals surface area contributed by atoms with Crippen LogP contribution in [0.3, 0.4) is 0 Å². The van der Waals surface area contributed by atoms with Gasteiger partial charge in [-0.2, -0.15) is 0 Å². The molecule has 1 aliphatic rings. The van der Waals surface area contributed by atoms with Gasteiger partial charge < -0.3 is 10.2 Å². The molecule has 1 saturated heterocycles. The molecule has 0 aliphatic carbocycles. The van der Waals surface area contributed by atoms with E-state index >= 15 is 0 Å². The van der Waals surface area contributed by atoms with Gasteiger partial charge in [0.15, 0.2) is 0 Å². The first-order valence-corrected chi connectivity index (χ1v) is 7.82. The highest BCUT2D eigenvalue weighted by Crippen LogP contribution is 2.21. The van der Waals surface area contributed by atoms with Crippen LogP contribution >= 0.6 is 11.6 Å². The van der Waals surface area contributed by atoms with Crippen LogP contribution in [0.4, 0.5) is 4.39 Å². The van der Waals surface area contributed by atoms with Crippen molar-refractivity contribution in [2.75, 3.05) is 13.1 Å². The van der Waals surface area contributed by atoms with Crippen molar-refractivity contribution in [3.8, 4) is 0 Å². The summed E-state index contributed by atoms with van der Waals surface area (Å²) in [5.41, 5.74) is 0.890. The van der Waals surface area contributed by atoms with E-state index in [4.69, 9.17) is 11.6 Å². The Bertz CT molecular complexity index is 509. The van der Waals surface area contributed by atoms with Gasteiger partial charge >= 0.3 is 0 Å². The number of nitrogens with one attached hydrogen (secondary N) is 1. The first-order valence-electron chi connectivity index (χ1n) is 7.44. The molecule has 116 valence electrons. The zero-order valence-electron chi connectivity index (χ0n) is 12.5. The predicted molar refractivity (Wildman–Crippen MR) is 82.7 cm³/mol. The minimum absolute atomic E-state index is 0.145. The second-order valence-electron chi connectivity index (χ2n) is 5.66. The molecular weight excluding hydrogens is 291 g/mol. The molecule has 2 unspecified atom stereocenters. The maximum atomic E-state index is 13.4. The van der Waals surface area contributed by atoms with Crippen molar-refractivity contribution in [2.45, 2.75) is 39.3 Å². The van der Waals surface area contributed by atoms with Gasteiger partial charge in [-0.05, 0) is 30.0 Å². The number of rotatable bonds is 4. The first-order chi connectivity index (χ1) is 10.0. The number of amides is 1. The number of piperidine rings is 1. The van der Waals surface area contributed by atoms with Gasteiger partial charge in [-0.15, -0.1) is 0 Å². The molecule has 2 atom stereocenters. The first kappa shape index (κ1) is 16.2. The van der Waals surface area contributed by atoms with Crippen molar-refractivity contribution in [3.63, 3.8) is 0 Å². The smallest absolute Gasteiger partial charge is 0.219 e. The zero-order chi connectivity index (χ0) is 15.4. The largest absolute Gasteiger partial charge is 0.343 e. The predicted octanol–water partition coefficient (Wildman–Crippen LogP) is 3.22. The summed E-state index contributed by atoms with van der Waals surface area (Å²) in [6.45, 7) is 5.98. The van der Waals surface area contributed by atoms with Crippen LogP contribution in [0.15, 0.2) is 18.2 Å². The Morgan fingerprint density at radius 1 is 1.52 bits per heavy atom. The molecule has 1 heterocycles. The summed E-state index contributed by atoms with van der Waals surface area (Å²) in [6, 6.07) is 5.26. The van der Waals surface area contributed by atoms with Crippen LogP contribution in [0, 0.1) is 11.7 Å². The molecule has 1 aromatic rings. The van der Waals surface area contributed by atoms with Gasteiger partial charge in [0.1, 0.15) is 5.82 Å². The van der Waals surface area contributed by atoms with Gasteiger partial charge in [0.05, 0.1) is 5.02 Å². The number of hydrogen-bond acceptors (Lipinski definition) is 2. The van der Waals surface area contributed by atoms with Crippen molar-refractivity contribution >= 4 is 17.5 Å². The van der Waals surface area contributed by atoms with Crippen molar-refractivity contribution < 1.29 is 9.18 Å². The minimum Gasteiger partial charge on any atom is -0.343 e. The van der Waals surface area contributed by atoms with Crippen LogP contribution in [0.5, 0.6) is 0 Å². The van der Waals surface area contributed by atoms with Crippen LogP contribution in [0.1, 0.15) is 32.3 Å². The molecule has 21 heavy (non-hydrogen) atoms. The number of halogens is 2. The molecule has 2 rings (SSSR count). The molecule has 0 aromatic heterocycles. The molecule has 1 aromatic carbocycles. The number of nitrogens with zero attached hydrogens (tertiary/aromatic N) is 1. The second kappa shape index (κ2) is 7.23. The van der Waals surface area contributed by atoms with E-state index in [9.17, 15) is 9.18 Å². The monoisotopic (exact) mass is 312 g/mol. The van der Waals surface area contributed by atoms with E-state index in [1.807, 2.05) is 11.0 Å². The summed E-state index contributed by atoms with van der Waals surface area (Å²) in [5.74, 6) is 0.209. The number of benzene rings is 1. The SMILES string of the molecule is CCC1CN(C(C)=O)CCC1NCc1ccc(Cl)c(F)c1. The third-order valence-electron chi connectivity index (χ3n) is 4.26. The van der Waals surface area contributed by atoms with Crippen molar-refractivity contribution in [3.05, 3.63) is 34.6 Å². The molecule has 5 heteroatoms. The molecule has 1 N–H and O–H groups in total. The number of carbonyl (C=O) groups excluding carboxylic acids is 1. The highest BCUT2D eigenvalue weighted by Gasteiger charge is 2.28.